The topological polar surface area (TPSA) is 123 Å². The van der Waals surface area contributed by atoms with Gasteiger partial charge in [0.2, 0.25) is 0 Å². The van der Waals surface area contributed by atoms with Gasteiger partial charge in [0.05, 0.1) is 31.6 Å². The van der Waals surface area contributed by atoms with Gasteiger partial charge in [-0.05, 0) is 12.1 Å². The molecule has 34 heavy (non-hydrogen) atoms. The molecule has 1 aliphatic rings. The molecule has 0 spiro atoms. The van der Waals surface area contributed by atoms with Gasteiger partial charge in [-0.25, -0.2) is 18.7 Å². The minimum absolute atomic E-state index is 0.00398. The summed E-state index contributed by atoms with van der Waals surface area (Å²) in [6, 6.07) is 8.72. The highest BCUT2D eigenvalue weighted by Crippen LogP contribution is 2.28. The summed E-state index contributed by atoms with van der Waals surface area (Å²) in [5.41, 5.74) is 1.70. The van der Waals surface area contributed by atoms with Crippen LogP contribution in [-0.2, 0) is 11.3 Å². The van der Waals surface area contributed by atoms with Gasteiger partial charge in [0.1, 0.15) is 29.5 Å². The van der Waals surface area contributed by atoms with Crippen molar-refractivity contribution in [2.45, 2.75) is 18.9 Å². The first-order chi connectivity index (χ1) is 16.5. The van der Waals surface area contributed by atoms with Crippen molar-refractivity contribution >= 4 is 5.82 Å². The fourth-order valence-electron chi connectivity index (χ4n) is 3.80. The summed E-state index contributed by atoms with van der Waals surface area (Å²) in [5.74, 6) is -1.10. The zero-order valence-corrected chi connectivity index (χ0v) is 17.8. The van der Waals surface area contributed by atoms with Crippen LogP contribution in [0.5, 0.6) is 0 Å². The molecule has 4 heterocycles. The lowest BCUT2D eigenvalue weighted by molar-refractivity contribution is -0.0869. The van der Waals surface area contributed by atoms with Crippen LogP contribution < -0.4 is 4.90 Å². The Morgan fingerprint density at radius 1 is 1.12 bits per heavy atom. The van der Waals surface area contributed by atoms with Crippen LogP contribution in [0.15, 0.2) is 53.4 Å². The summed E-state index contributed by atoms with van der Waals surface area (Å²) in [6.07, 6.45) is 0.650. The zero-order chi connectivity index (χ0) is 23.7. The molecule has 12 heteroatoms. The Kier molecular flexibility index (Phi) is 6.01. The number of aliphatic hydroxyl groups is 2. The molecule has 0 amide bonds. The van der Waals surface area contributed by atoms with Crippen LogP contribution in [0.25, 0.3) is 22.9 Å². The maximum Gasteiger partial charge on any atom is 0.183 e. The maximum atomic E-state index is 14.7. The number of benzene rings is 1. The van der Waals surface area contributed by atoms with Gasteiger partial charge in [-0.2, -0.15) is 5.10 Å². The Hall–Kier alpha value is -3.74. The van der Waals surface area contributed by atoms with Crippen LogP contribution in [0.1, 0.15) is 5.56 Å². The van der Waals surface area contributed by atoms with Gasteiger partial charge in [0.15, 0.2) is 23.7 Å². The van der Waals surface area contributed by atoms with Gasteiger partial charge in [0, 0.05) is 18.2 Å². The average Bonchev–Trinajstić information content (AvgIpc) is 3.51. The van der Waals surface area contributed by atoms with E-state index in [1.54, 1.807) is 30.3 Å². The van der Waals surface area contributed by atoms with Crippen molar-refractivity contribution in [3.05, 3.63) is 66.1 Å². The van der Waals surface area contributed by atoms with Crippen LogP contribution in [0, 0.1) is 11.6 Å². The maximum absolute atomic E-state index is 14.7. The summed E-state index contributed by atoms with van der Waals surface area (Å²) in [4.78, 5) is 9.83. The SMILES string of the molecule is OC(O)C1COCCN1c1nc(-c2cc(-c3ccon3)n(Cc3ccccc3F)n2)ncc1F. The lowest BCUT2D eigenvalue weighted by Gasteiger charge is -2.37. The highest BCUT2D eigenvalue weighted by molar-refractivity contribution is 5.63. The minimum atomic E-state index is -1.75. The molecule has 0 radical (unpaired) electrons. The van der Waals surface area contributed by atoms with Crippen molar-refractivity contribution < 1.29 is 28.3 Å². The lowest BCUT2D eigenvalue weighted by atomic mass is 10.2. The van der Waals surface area contributed by atoms with Crippen LogP contribution >= 0.6 is 0 Å². The van der Waals surface area contributed by atoms with Crippen molar-refractivity contribution in [3.8, 4) is 22.9 Å². The van der Waals surface area contributed by atoms with Gasteiger partial charge in [-0.3, -0.25) is 4.68 Å². The molecule has 0 bridgehead atoms. The first-order valence-electron chi connectivity index (χ1n) is 10.5. The second kappa shape index (κ2) is 9.25. The van der Waals surface area contributed by atoms with Gasteiger partial charge in [-0.15, -0.1) is 0 Å². The zero-order valence-electron chi connectivity index (χ0n) is 17.8. The van der Waals surface area contributed by atoms with Crippen molar-refractivity contribution in [3.63, 3.8) is 0 Å². The van der Waals surface area contributed by atoms with Crippen molar-refractivity contribution in [2.75, 3.05) is 24.7 Å². The third kappa shape index (κ3) is 4.25. The van der Waals surface area contributed by atoms with E-state index in [1.165, 1.54) is 21.9 Å². The highest BCUT2D eigenvalue weighted by atomic mass is 19.1. The number of morpholine rings is 1. The standard InChI is InChI=1S/C22H20F2N6O4/c23-14-4-2-1-3-13(14)11-30-18(16-5-7-34-28-16)9-17(27-30)20-25-10-15(24)21(26-20)29-6-8-33-12-19(29)22(31)32/h1-5,7,9-10,19,22,31-32H,6,8,11-12H2. The van der Waals surface area contributed by atoms with E-state index >= 15 is 0 Å². The molecule has 10 nitrogen and oxygen atoms in total. The third-order valence-electron chi connectivity index (χ3n) is 5.49. The number of anilines is 1. The Balaban J connectivity index is 1.55. The van der Waals surface area contributed by atoms with Crippen molar-refractivity contribution in [1.82, 2.24) is 24.9 Å². The van der Waals surface area contributed by atoms with Crippen molar-refractivity contribution in [1.29, 1.82) is 0 Å². The molecule has 4 aromatic rings. The second-order valence-electron chi connectivity index (χ2n) is 7.66. The van der Waals surface area contributed by atoms with Crippen molar-refractivity contribution in [2.24, 2.45) is 0 Å². The number of halogens is 2. The summed E-state index contributed by atoms with van der Waals surface area (Å²) in [7, 11) is 0. The molecule has 0 saturated carbocycles. The Bertz CT molecular complexity index is 1280. The van der Waals surface area contributed by atoms with E-state index in [0.29, 0.717) is 22.6 Å². The summed E-state index contributed by atoms with van der Waals surface area (Å²) in [5, 5.41) is 27.9. The Labute approximate surface area is 192 Å². The largest absolute Gasteiger partial charge is 0.377 e. The minimum Gasteiger partial charge on any atom is -0.377 e. The van der Waals surface area contributed by atoms with E-state index in [4.69, 9.17) is 9.26 Å². The third-order valence-corrected chi connectivity index (χ3v) is 5.49. The molecule has 1 aromatic carbocycles. The Morgan fingerprint density at radius 3 is 2.74 bits per heavy atom. The number of nitrogens with zero attached hydrogens (tertiary/aromatic N) is 6. The van der Waals surface area contributed by atoms with Crippen LogP contribution in [-0.4, -0.2) is 67.2 Å². The predicted molar refractivity (Wildman–Crippen MR) is 114 cm³/mol. The first-order valence-corrected chi connectivity index (χ1v) is 10.5. The van der Waals surface area contributed by atoms with Gasteiger partial charge >= 0.3 is 0 Å². The van der Waals surface area contributed by atoms with Crippen LogP contribution in [0.2, 0.25) is 0 Å². The number of rotatable bonds is 6. The van der Waals surface area contributed by atoms with E-state index in [0.717, 1.165) is 6.20 Å². The predicted octanol–water partition coefficient (Wildman–Crippen LogP) is 1.84. The number of aliphatic hydroxyl groups excluding tert-OH is 1. The highest BCUT2D eigenvalue weighted by Gasteiger charge is 2.32. The first kappa shape index (κ1) is 22.1. The van der Waals surface area contributed by atoms with E-state index < -0.39 is 18.1 Å². The fourth-order valence-corrected chi connectivity index (χ4v) is 3.80. The molecule has 1 unspecified atom stereocenters. The quantitative estimate of drug-likeness (QED) is 0.407. The molecule has 1 fully saturated rings. The van der Waals surface area contributed by atoms with E-state index in [1.807, 2.05) is 0 Å². The lowest BCUT2D eigenvalue weighted by Crippen LogP contribution is -2.52. The molecule has 5 rings (SSSR count). The summed E-state index contributed by atoms with van der Waals surface area (Å²) >= 11 is 0. The fraction of sp³-hybridized carbons (Fsp3) is 0.273. The van der Waals surface area contributed by atoms with Crippen LogP contribution in [0.3, 0.4) is 0 Å². The van der Waals surface area contributed by atoms with E-state index in [-0.39, 0.29) is 43.8 Å². The molecular weight excluding hydrogens is 450 g/mol. The molecule has 1 atom stereocenters. The van der Waals surface area contributed by atoms with Gasteiger partial charge in [-0.1, -0.05) is 23.4 Å². The number of aromatic nitrogens is 5. The average molecular weight is 470 g/mol. The van der Waals surface area contributed by atoms with Gasteiger partial charge in [0.25, 0.3) is 0 Å². The van der Waals surface area contributed by atoms with E-state index in [2.05, 4.69) is 20.2 Å². The molecule has 1 saturated heterocycles. The molecule has 176 valence electrons. The smallest absolute Gasteiger partial charge is 0.183 e. The molecular formula is C22H20F2N6O4. The van der Waals surface area contributed by atoms with Crippen LogP contribution in [0.4, 0.5) is 14.6 Å². The van der Waals surface area contributed by atoms with Gasteiger partial charge < -0.3 is 24.4 Å². The number of hydrogen-bond acceptors (Lipinski definition) is 9. The number of ether oxygens (including phenoxy) is 1. The molecule has 0 aliphatic carbocycles. The Morgan fingerprint density at radius 2 is 1.97 bits per heavy atom. The second-order valence-corrected chi connectivity index (χ2v) is 7.66. The monoisotopic (exact) mass is 470 g/mol. The summed E-state index contributed by atoms with van der Waals surface area (Å²) in [6.45, 7) is 0.590. The molecule has 3 aromatic heterocycles. The normalized spacial score (nSPS) is 16.4. The number of hydrogen-bond donors (Lipinski definition) is 2. The molecule has 2 N–H and O–H groups in total. The van der Waals surface area contributed by atoms with E-state index in [9.17, 15) is 19.0 Å². The molecule has 1 aliphatic heterocycles. The summed E-state index contributed by atoms with van der Waals surface area (Å²) < 4.78 is 40.7.